The molecule has 1 aromatic heterocycles. The molecular weight excluding hydrogens is 396 g/mol. The average Bonchev–Trinajstić information content (AvgIpc) is 2.76. The van der Waals surface area contributed by atoms with E-state index in [9.17, 15) is 4.79 Å². The molecule has 5 nitrogen and oxygen atoms in total. The number of hydrogen-bond acceptors (Lipinski definition) is 4. The number of nitrogens with zero attached hydrogens (tertiary/aromatic N) is 3. The van der Waals surface area contributed by atoms with Crippen molar-refractivity contribution in [3.8, 4) is 0 Å². The fourth-order valence-electron chi connectivity index (χ4n) is 3.50. The van der Waals surface area contributed by atoms with Gasteiger partial charge in [0.1, 0.15) is 11.6 Å². The van der Waals surface area contributed by atoms with Crippen molar-refractivity contribution in [3.63, 3.8) is 0 Å². The first kappa shape index (κ1) is 22.0. The Morgan fingerprint density at radius 3 is 2.57 bits per heavy atom. The summed E-state index contributed by atoms with van der Waals surface area (Å²) in [5.41, 5.74) is 1.94. The lowest BCUT2D eigenvalue weighted by Gasteiger charge is -2.25. The molecular formula is C24H29ClN4O. The predicted molar refractivity (Wildman–Crippen MR) is 124 cm³/mol. The molecule has 1 N–H and O–H groups in total. The van der Waals surface area contributed by atoms with Gasteiger partial charge in [-0.2, -0.15) is 0 Å². The molecule has 0 aliphatic heterocycles. The van der Waals surface area contributed by atoms with Crippen LogP contribution in [0.2, 0.25) is 5.02 Å². The maximum absolute atomic E-state index is 12.6. The first-order chi connectivity index (χ1) is 14.5. The van der Waals surface area contributed by atoms with E-state index in [2.05, 4.69) is 22.1 Å². The van der Waals surface area contributed by atoms with Gasteiger partial charge in [-0.15, -0.1) is 0 Å². The first-order valence-corrected chi connectivity index (χ1v) is 10.9. The van der Waals surface area contributed by atoms with E-state index >= 15 is 0 Å². The molecule has 0 saturated carbocycles. The van der Waals surface area contributed by atoms with E-state index in [0.717, 1.165) is 47.5 Å². The molecule has 0 unspecified atom stereocenters. The van der Waals surface area contributed by atoms with E-state index in [4.69, 9.17) is 16.6 Å². The van der Waals surface area contributed by atoms with Gasteiger partial charge < -0.3 is 10.2 Å². The van der Waals surface area contributed by atoms with Crippen molar-refractivity contribution in [1.82, 2.24) is 15.3 Å². The van der Waals surface area contributed by atoms with Crippen LogP contribution in [0.5, 0.6) is 0 Å². The van der Waals surface area contributed by atoms with Crippen LogP contribution in [0.25, 0.3) is 10.9 Å². The van der Waals surface area contributed by atoms with Crippen molar-refractivity contribution in [2.45, 2.75) is 46.1 Å². The van der Waals surface area contributed by atoms with Crippen LogP contribution in [0, 0.1) is 0 Å². The van der Waals surface area contributed by atoms with Crippen LogP contribution in [-0.2, 0) is 11.2 Å². The summed E-state index contributed by atoms with van der Waals surface area (Å²) in [6.07, 6.45) is 2.10. The van der Waals surface area contributed by atoms with Crippen LogP contribution in [0.4, 0.5) is 5.82 Å². The number of carbonyl (C=O) groups excluding carboxylic acids is 1. The van der Waals surface area contributed by atoms with Gasteiger partial charge in [0.2, 0.25) is 5.91 Å². The van der Waals surface area contributed by atoms with E-state index in [1.165, 1.54) is 0 Å². The number of fused-ring (bicyclic) bond motifs is 1. The summed E-state index contributed by atoms with van der Waals surface area (Å²) in [7, 11) is 0. The molecule has 1 atom stereocenters. The molecule has 1 amide bonds. The zero-order chi connectivity index (χ0) is 21.5. The predicted octanol–water partition coefficient (Wildman–Crippen LogP) is 5.33. The first-order valence-electron chi connectivity index (χ1n) is 10.6. The van der Waals surface area contributed by atoms with Crippen LogP contribution >= 0.6 is 11.6 Å². The minimum atomic E-state index is -0.0213. The monoisotopic (exact) mass is 424 g/mol. The normalized spacial score (nSPS) is 12.0. The molecule has 0 radical (unpaired) electrons. The van der Waals surface area contributed by atoms with Gasteiger partial charge in [-0.3, -0.25) is 4.79 Å². The number of aryl methyl sites for hydroxylation is 1. The van der Waals surface area contributed by atoms with Crippen molar-refractivity contribution in [1.29, 1.82) is 0 Å². The lowest BCUT2D eigenvalue weighted by Crippen LogP contribution is -2.33. The standard InChI is InChI=1S/C24H29ClN4O/c1-4-14-29(15-13-23(30)26-17(3)18-9-7-6-8-10-18)24-20-12-11-19(25)16-21(20)27-22(5-2)28-24/h6-12,16-17H,4-5,13-15H2,1-3H3,(H,26,30)/t17-/m0/s1. The molecule has 3 aromatic rings. The number of aromatic nitrogens is 2. The van der Waals surface area contributed by atoms with Crippen LogP contribution in [0.3, 0.4) is 0 Å². The quantitative estimate of drug-likeness (QED) is 0.504. The minimum absolute atomic E-state index is 0.0213. The number of hydrogen-bond donors (Lipinski definition) is 1. The van der Waals surface area contributed by atoms with Crippen molar-refractivity contribution in [3.05, 3.63) is 64.9 Å². The molecule has 0 bridgehead atoms. The van der Waals surface area contributed by atoms with Gasteiger partial charge in [0, 0.05) is 36.3 Å². The van der Waals surface area contributed by atoms with E-state index < -0.39 is 0 Å². The summed E-state index contributed by atoms with van der Waals surface area (Å²) in [6, 6.07) is 15.7. The molecule has 0 spiro atoms. The third-order valence-corrected chi connectivity index (χ3v) is 5.32. The highest BCUT2D eigenvalue weighted by molar-refractivity contribution is 6.31. The topological polar surface area (TPSA) is 58.1 Å². The van der Waals surface area contributed by atoms with Crippen molar-refractivity contribution < 1.29 is 4.79 Å². The maximum atomic E-state index is 12.6. The number of anilines is 1. The second-order valence-electron chi connectivity index (χ2n) is 7.42. The average molecular weight is 425 g/mol. The van der Waals surface area contributed by atoms with Crippen molar-refractivity contribution in [2.75, 3.05) is 18.0 Å². The van der Waals surface area contributed by atoms with Gasteiger partial charge >= 0.3 is 0 Å². The SMILES string of the molecule is CCCN(CCC(=O)N[C@@H](C)c1ccccc1)c1nc(CC)nc2cc(Cl)ccc12. The summed E-state index contributed by atoms with van der Waals surface area (Å²) in [5.74, 6) is 1.69. The Kier molecular flexibility index (Phi) is 7.63. The zero-order valence-electron chi connectivity index (χ0n) is 17.9. The van der Waals surface area contributed by atoms with Crippen molar-refractivity contribution >= 4 is 34.2 Å². The van der Waals surface area contributed by atoms with E-state index in [-0.39, 0.29) is 11.9 Å². The Labute approximate surface area is 183 Å². The number of amides is 1. The van der Waals surface area contributed by atoms with Crippen LogP contribution in [0.1, 0.15) is 51.0 Å². The molecule has 2 aromatic carbocycles. The van der Waals surface area contributed by atoms with Crippen LogP contribution < -0.4 is 10.2 Å². The Hall–Kier alpha value is -2.66. The summed E-state index contributed by atoms with van der Waals surface area (Å²) in [6.45, 7) is 7.59. The molecule has 3 rings (SSSR count). The lowest BCUT2D eigenvalue weighted by atomic mass is 10.1. The van der Waals surface area contributed by atoms with Gasteiger partial charge in [0.15, 0.2) is 0 Å². The number of carbonyl (C=O) groups is 1. The summed E-state index contributed by atoms with van der Waals surface area (Å²) >= 11 is 6.18. The highest BCUT2D eigenvalue weighted by atomic mass is 35.5. The lowest BCUT2D eigenvalue weighted by molar-refractivity contribution is -0.121. The summed E-state index contributed by atoms with van der Waals surface area (Å²) in [5, 5.41) is 4.72. The van der Waals surface area contributed by atoms with E-state index in [0.29, 0.717) is 18.0 Å². The second kappa shape index (κ2) is 10.4. The van der Waals surface area contributed by atoms with Gasteiger partial charge in [-0.25, -0.2) is 9.97 Å². The number of halogens is 1. The van der Waals surface area contributed by atoms with E-state index in [1.54, 1.807) is 0 Å². The molecule has 6 heteroatoms. The maximum Gasteiger partial charge on any atom is 0.222 e. The fraction of sp³-hybridized carbons (Fsp3) is 0.375. The van der Waals surface area contributed by atoms with Crippen molar-refractivity contribution in [2.24, 2.45) is 0 Å². The third-order valence-electron chi connectivity index (χ3n) is 5.08. The van der Waals surface area contributed by atoms with Gasteiger partial charge in [0.25, 0.3) is 0 Å². The van der Waals surface area contributed by atoms with Gasteiger partial charge in [-0.05, 0) is 37.1 Å². The highest BCUT2D eigenvalue weighted by Gasteiger charge is 2.16. The molecule has 0 aliphatic carbocycles. The molecule has 0 fully saturated rings. The minimum Gasteiger partial charge on any atom is -0.355 e. The smallest absolute Gasteiger partial charge is 0.222 e. The second-order valence-corrected chi connectivity index (χ2v) is 7.85. The molecule has 0 aliphatic rings. The largest absolute Gasteiger partial charge is 0.355 e. The number of rotatable bonds is 9. The summed E-state index contributed by atoms with van der Waals surface area (Å²) in [4.78, 5) is 24.2. The fourth-order valence-corrected chi connectivity index (χ4v) is 3.67. The highest BCUT2D eigenvalue weighted by Crippen LogP contribution is 2.27. The van der Waals surface area contributed by atoms with Gasteiger partial charge in [-0.1, -0.05) is 55.8 Å². The Balaban J connectivity index is 1.77. The molecule has 0 saturated heterocycles. The number of benzene rings is 2. The Morgan fingerprint density at radius 2 is 1.87 bits per heavy atom. The molecule has 1 heterocycles. The number of nitrogens with one attached hydrogen (secondary N) is 1. The van der Waals surface area contributed by atoms with Crippen LogP contribution in [-0.4, -0.2) is 29.0 Å². The molecule has 158 valence electrons. The summed E-state index contributed by atoms with van der Waals surface area (Å²) < 4.78 is 0. The van der Waals surface area contributed by atoms with Gasteiger partial charge in [0.05, 0.1) is 11.6 Å². The van der Waals surface area contributed by atoms with E-state index in [1.807, 2.05) is 62.4 Å². The Morgan fingerprint density at radius 1 is 1.10 bits per heavy atom. The third kappa shape index (κ3) is 5.48. The van der Waals surface area contributed by atoms with Crippen LogP contribution in [0.15, 0.2) is 48.5 Å². The zero-order valence-corrected chi connectivity index (χ0v) is 18.6. The molecule has 30 heavy (non-hydrogen) atoms. The Bertz CT molecular complexity index is 993.